The van der Waals surface area contributed by atoms with Gasteiger partial charge in [0, 0.05) is 31.0 Å². The monoisotopic (exact) mass is 457 g/mol. The van der Waals surface area contributed by atoms with Gasteiger partial charge in [-0.15, -0.1) is 10.2 Å². The van der Waals surface area contributed by atoms with E-state index in [0.717, 1.165) is 16.8 Å². The van der Waals surface area contributed by atoms with Crippen molar-refractivity contribution in [1.29, 1.82) is 0 Å². The lowest BCUT2D eigenvalue weighted by Gasteiger charge is -2.23. The van der Waals surface area contributed by atoms with Crippen molar-refractivity contribution in [2.45, 2.75) is 24.5 Å². The Balaban J connectivity index is 1.60. The quantitative estimate of drug-likeness (QED) is 0.524. The number of aromatic nitrogens is 4. The van der Waals surface area contributed by atoms with Gasteiger partial charge in [-0.2, -0.15) is 0 Å². The number of benzene rings is 1. The molecule has 8 nitrogen and oxygen atoms in total. The molecule has 0 spiro atoms. The summed E-state index contributed by atoms with van der Waals surface area (Å²) in [6, 6.07) is 11.4. The number of carbonyl (C=O) groups is 1. The van der Waals surface area contributed by atoms with Crippen LogP contribution >= 0.6 is 11.8 Å². The van der Waals surface area contributed by atoms with Crippen molar-refractivity contribution in [3.05, 3.63) is 54.4 Å². The highest BCUT2D eigenvalue weighted by atomic mass is 32.2. The third-order valence-corrected chi connectivity index (χ3v) is 8.05. The lowest BCUT2D eigenvalue weighted by molar-refractivity contribution is -0.128. The van der Waals surface area contributed by atoms with Gasteiger partial charge in [-0.3, -0.25) is 14.3 Å². The van der Waals surface area contributed by atoms with E-state index in [1.54, 1.807) is 24.3 Å². The second-order valence-electron chi connectivity index (χ2n) is 7.52. The van der Waals surface area contributed by atoms with Crippen molar-refractivity contribution in [3.8, 4) is 17.1 Å². The van der Waals surface area contributed by atoms with Gasteiger partial charge in [0.2, 0.25) is 5.91 Å². The molecule has 0 saturated carbocycles. The van der Waals surface area contributed by atoms with Crippen molar-refractivity contribution in [1.82, 2.24) is 24.6 Å². The van der Waals surface area contributed by atoms with Gasteiger partial charge >= 0.3 is 0 Å². The number of thioether (sulfide) groups is 1. The van der Waals surface area contributed by atoms with Gasteiger partial charge in [0.1, 0.15) is 0 Å². The molecule has 1 aliphatic rings. The highest BCUT2D eigenvalue weighted by Crippen LogP contribution is 2.29. The van der Waals surface area contributed by atoms with Crippen LogP contribution in [0.2, 0.25) is 0 Å². The number of nitrogens with zero attached hydrogens (tertiary/aromatic N) is 5. The fraction of sp³-hybridized carbons (Fsp3) is 0.333. The summed E-state index contributed by atoms with van der Waals surface area (Å²) in [6.45, 7) is 2.01. The minimum atomic E-state index is -3.05. The Labute approximate surface area is 185 Å². The summed E-state index contributed by atoms with van der Waals surface area (Å²) in [7, 11) is -1.38. The maximum Gasteiger partial charge on any atom is 0.233 e. The van der Waals surface area contributed by atoms with E-state index in [4.69, 9.17) is 0 Å². The summed E-state index contributed by atoms with van der Waals surface area (Å²) in [4.78, 5) is 18.5. The van der Waals surface area contributed by atoms with Crippen LogP contribution in [-0.2, 0) is 14.6 Å². The molecule has 0 N–H and O–H groups in total. The molecule has 1 saturated heterocycles. The Morgan fingerprint density at radius 2 is 2.03 bits per heavy atom. The molecule has 0 unspecified atom stereocenters. The van der Waals surface area contributed by atoms with Gasteiger partial charge in [0.25, 0.3) is 0 Å². The van der Waals surface area contributed by atoms with Crippen molar-refractivity contribution in [3.63, 3.8) is 0 Å². The van der Waals surface area contributed by atoms with E-state index in [2.05, 4.69) is 15.2 Å². The van der Waals surface area contributed by atoms with E-state index in [9.17, 15) is 13.2 Å². The molecular weight excluding hydrogens is 434 g/mol. The van der Waals surface area contributed by atoms with Gasteiger partial charge in [-0.05, 0) is 37.1 Å². The summed E-state index contributed by atoms with van der Waals surface area (Å²) in [5, 5.41) is 9.31. The number of hydrogen-bond acceptors (Lipinski definition) is 7. The highest BCUT2D eigenvalue weighted by molar-refractivity contribution is 7.99. The molecule has 31 heavy (non-hydrogen) atoms. The fourth-order valence-corrected chi connectivity index (χ4v) is 6.23. The van der Waals surface area contributed by atoms with Crippen LogP contribution in [0.25, 0.3) is 17.1 Å². The molecular formula is C21H23N5O3S2. The van der Waals surface area contributed by atoms with Crippen LogP contribution < -0.4 is 0 Å². The van der Waals surface area contributed by atoms with Crippen molar-refractivity contribution < 1.29 is 13.2 Å². The van der Waals surface area contributed by atoms with Crippen molar-refractivity contribution in [2.24, 2.45) is 0 Å². The van der Waals surface area contributed by atoms with Crippen LogP contribution in [0.1, 0.15) is 12.0 Å². The van der Waals surface area contributed by atoms with Gasteiger partial charge in [0.05, 0.1) is 22.9 Å². The molecule has 1 aromatic carbocycles. The van der Waals surface area contributed by atoms with Crippen LogP contribution in [0, 0.1) is 6.92 Å². The summed E-state index contributed by atoms with van der Waals surface area (Å²) in [5.41, 5.74) is 2.80. The molecule has 162 valence electrons. The summed E-state index contributed by atoms with van der Waals surface area (Å²) < 4.78 is 25.4. The number of para-hydroxylation sites is 1. The first-order chi connectivity index (χ1) is 14.9. The Kier molecular flexibility index (Phi) is 6.10. The minimum absolute atomic E-state index is 0.0322. The zero-order valence-corrected chi connectivity index (χ0v) is 18.9. The van der Waals surface area contributed by atoms with Crippen LogP contribution in [0.5, 0.6) is 0 Å². The molecule has 1 amide bonds. The normalized spacial score (nSPS) is 17.5. The Bertz CT molecular complexity index is 1190. The summed E-state index contributed by atoms with van der Waals surface area (Å²) >= 11 is 1.29. The molecule has 0 aliphatic carbocycles. The number of rotatable bonds is 6. The van der Waals surface area contributed by atoms with E-state index in [1.165, 1.54) is 11.8 Å². The van der Waals surface area contributed by atoms with Crippen molar-refractivity contribution >= 4 is 27.5 Å². The lowest BCUT2D eigenvalue weighted by Crippen LogP contribution is -2.38. The predicted octanol–water partition coefficient (Wildman–Crippen LogP) is 2.38. The highest BCUT2D eigenvalue weighted by Gasteiger charge is 2.32. The van der Waals surface area contributed by atoms with Gasteiger partial charge in [-0.25, -0.2) is 8.42 Å². The van der Waals surface area contributed by atoms with Gasteiger partial charge in [-0.1, -0.05) is 30.0 Å². The van der Waals surface area contributed by atoms with Crippen LogP contribution in [0.3, 0.4) is 0 Å². The smallest absolute Gasteiger partial charge is 0.233 e. The van der Waals surface area contributed by atoms with Crippen LogP contribution in [0.4, 0.5) is 0 Å². The zero-order valence-electron chi connectivity index (χ0n) is 17.3. The topological polar surface area (TPSA) is 98.1 Å². The first-order valence-corrected chi connectivity index (χ1v) is 12.7. The second-order valence-corrected chi connectivity index (χ2v) is 10.7. The molecule has 0 radical (unpaired) electrons. The number of hydrogen-bond donors (Lipinski definition) is 0. The third kappa shape index (κ3) is 4.64. The molecule has 0 bridgehead atoms. The number of sulfone groups is 1. The average Bonchev–Trinajstić information content (AvgIpc) is 3.35. The van der Waals surface area contributed by atoms with Gasteiger partial charge in [0.15, 0.2) is 20.8 Å². The maximum absolute atomic E-state index is 12.7. The van der Waals surface area contributed by atoms with E-state index in [1.807, 2.05) is 47.9 Å². The molecule has 1 aliphatic heterocycles. The van der Waals surface area contributed by atoms with Crippen LogP contribution in [-0.4, -0.2) is 69.3 Å². The largest absolute Gasteiger partial charge is 0.341 e. The fourth-order valence-electron chi connectivity index (χ4n) is 3.59. The summed E-state index contributed by atoms with van der Waals surface area (Å²) in [5.74, 6) is 0.828. The predicted molar refractivity (Wildman–Crippen MR) is 120 cm³/mol. The Morgan fingerprint density at radius 3 is 2.71 bits per heavy atom. The molecule has 10 heteroatoms. The minimum Gasteiger partial charge on any atom is -0.341 e. The van der Waals surface area contributed by atoms with E-state index >= 15 is 0 Å². The molecule has 1 fully saturated rings. The number of aryl methyl sites for hydroxylation is 1. The Hall–Kier alpha value is -2.72. The Morgan fingerprint density at radius 1 is 1.23 bits per heavy atom. The van der Waals surface area contributed by atoms with Crippen LogP contribution in [0.15, 0.2) is 53.9 Å². The zero-order chi connectivity index (χ0) is 22.0. The maximum atomic E-state index is 12.7. The molecule has 1 atom stereocenters. The average molecular weight is 458 g/mol. The van der Waals surface area contributed by atoms with E-state index in [0.29, 0.717) is 17.4 Å². The number of amides is 1. The molecule has 3 aromatic rings. The first-order valence-electron chi connectivity index (χ1n) is 9.86. The van der Waals surface area contributed by atoms with Crippen molar-refractivity contribution in [2.75, 3.05) is 24.3 Å². The molecule has 4 rings (SSSR count). The lowest BCUT2D eigenvalue weighted by atomic mass is 10.2. The molecule has 2 aromatic heterocycles. The van der Waals surface area contributed by atoms with E-state index in [-0.39, 0.29) is 29.2 Å². The third-order valence-electron chi connectivity index (χ3n) is 5.38. The van der Waals surface area contributed by atoms with Gasteiger partial charge < -0.3 is 4.90 Å². The number of carbonyl (C=O) groups excluding carboxylic acids is 1. The number of pyridine rings is 1. The molecule has 3 heterocycles. The van der Waals surface area contributed by atoms with E-state index < -0.39 is 9.84 Å². The summed E-state index contributed by atoms with van der Waals surface area (Å²) in [6.07, 6.45) is 3.91. The SMILES string of the molecule is Cc1ccccc1-n1c(SCC(=O)N(C)[C@H]2CCS(=O)(=O)C2)nnc1-c1cccnc1. The second kappa shape index (κ2) is 8.80. The first kappa shape index (κ1) is 21.5. The standard InChI is InChI=1S/C21H23N5O3S2/c1-15-6-3-4-8-18(15)26-20(16-7-5-10-22-12-16)23-24-21(26)30-13-19(27)25(2)17-9-11-31(28,29)14-17/h3-8,10,12,17H,9,11,13-14H2,1-2H3/t17-/m0/s1.